The van der Waals surface area contributed by atoms with Crippen molar-refractivity contribution in [2.24, 2.45) is 0 Å². The number of nitrogens with one attached hydrogen (secondary N) is 1. The molecule has 2 atom stereocenters. The Morgan fingerprint density at radius 1 is 1.37 bits per heavy atom. The summed E-state index contributed by atoms with van der Waals surface area (Å²) in [5, 5.41) is 2.66. The summed E-state index contributed by atoms with van der Waals surface area (Å²) < 4.78 is 33.6. The molecule has 2 saturated heterocycles. The van der Waals surface area contributed by atoms with Crippen LogP contribution < -0.4 is 5.32 Å². The number of ether oxygens (including phenoxy) is 2. The van der Waals surface area contributed by atoms with Crippen molar-refractivity contribution >= 4 is 15.9 Å². The molecule has 19 heavy (non-hydrogen) atoms. The van der Waals surface area contributed by atoms with Gasteiger partial charge in [-0.3, -0.25) is 4.90 Å². The number of carbonyl (C=O) groups is 1. The van der Waals surface area contributed by atoms with Gasteiger partial charge < -0.3 is 14.8 Å². The number of alkyl carbamates (subject to hydrolysis) is 1. The lowest BCUT2D eigenvalue weighted by Gasteiger charge is -2.34. The number of carbonyl (C=O) groups excluding carboxylic acids is 1. The summed E-state index contributed by atoms with van der Waals surface area (Å²) in [5.41, 5.74) is 0. The van der Waals surface area contributed by atoms with E-state index in [1.807, 2.05) is 0 Å². The van der Waals surface area contributed by atoms with E-state index in [1.165, 1.54) is 0 Å². The lowest BCUT2D eigenvalue weighted by atomic mass is 10.1. The largest absolute Gasteiger partial charge is 0.450 e. The highest BCUT2D eigenvalue weighted by atomic mass is 32.2. The Morgan fingerprint density at radius 2 is 2.05 bits per heavy atom. The second-order valence-electron chi connectivity index (χ2n) is 4.76. The Labute approximate surface area is 113 Å². The topological polar surface area (TPSA) is 84.9 Å². The molecule has 8 heteroatoms. The Hall–Kier alpha value is -0.860. The average molecular weight is 292 g/mol. The first-order valence-electron chi connectivity index (χ1n) is 6.47. The smallest absolute Gasteiger partial charge is 0.407 e. The van der Waals surface area contributed by atoms with Gasteiger partial charge in [0.05, 0.1) is 37.4 Å². The molecule has 1 N–H and O–H groups in total. The molecule has 0 radical (unpaired) electrons. The first-order chi connectivity index (χ1) is 9.02. The molecule has 0 unspecified atom stereocenters. The normalized spacial score (nSPS) is 31.0. The van der Waals surface area contributed by atoms with E-state index >= 15 is 0 Å². The quantitative estimate of drug-likeness (QED) is 0.735. The average Bonchev–Trinajstić information content (AvgIpc) is 2.66. The highest BCUT2D eigenvalue weighted by Gasteiger charge is 2.42. The van der Waals surface area contributed by atoms with Crippen molar-refractivity contribution in [1.82, 2.24) is 10.2 Å². The Balaban J connectivity index is 2.03. The van der Waals surface area contributed by atoms with Crippen molar-refractivity contribution in [2.75, 3.05) is 44.4 Å². The molecule has 7 nitrogen and oxygen atoms in total. The fourth-order valence-corrected chi connectivity index (χ4v) is 4.51. The number of hydrogen-bond donors (Lipinski definition) is 1. The van der Waals surface area contributed by atoms with Gasteiger partial charge in [0.1, 0.15) is 0 Å². The highest BCUT2D eigenvalue weighted by molar-refractivity contribution is 7.91. The molecule has 0 bridgehead atoms. The summed E-state index contributed by atoms with van der Waals surface area (Å²) in [6.45, 7) is 4.58. The van der Waals surface area contributed by atoms with Gasteiger partial charge in [0.15, 0.2) is 9.84 Å². The number of morpholine rings is 1. The van der Waals surface area contributed by atoms with Crippen LogP contribution in [0.15, 0.2) is 0 Å². The molecule has 0 aliphatic carbocycles. The van der Waals surface area contributed by atoms with Crippen LogP contribution in [0, 0.1) is 0 Å². The van der Waals surface area contributed by atoms with E-state index in [0.29, 0.717) is 26.3 Å². The maximum Gasteiger partial charge on any atom is 0.407 e. The fraction of sp³-hybridized carbons (Fsp3) is 0.909. The molecule has 2 heterocycles. The van der Waals surface area contributed by atoms with E-state index in [-0.39, 0.29) is 24.2 Å². The molecule has 2 fully saturated rings. The standard InChI is InChI=1S/C11H20N2O5S/c1-2-18-11(14)12-9-7-19(15,16)8-10(9)13-3-5-17-6-4-13/h9-10H,2-8H2,1H3,(H,12,14)/t9-,10-/m0/s1. The summed E-state index contributed by atoms with van der Waals surface area (Å²) in [6.07, 6.45) is -0.553. The van der Waals surface area contributed by atoms with Crippen LogP contribution in [0.25, 0.3) is 0 Å². The number of nitrogens with zero attached hydrogens (tertiary/aromatic N) is 1. The highest BCUT2D eigenvalue weighted by Crippen LogP contribution is 2.19. The minimum absolute atomic E-state index is 0.0200. The predicted octanol–water partition coefficient (Wildman–Crippen LogP) is -0.770. The van der Waals surface area contributed by atoms with Crippen molar-refractivity contribution in [1.29, 1.82) is 0 Å². The van der Waals surface area contributed by atoms with Gasteiger partial charge in [-0.1, -0.05) is 0 Å². The Bertz CT molecular complexity index is 419. The molecule has 2 aliphatic rings. The molecule has 0 saturated carbocycles. The fourth-order valence-electron chi connectivity index (χ4n) is 2.56. The first-order valence-corrected chi connectivity index (χ1v) is 8.29. The minimum atomic E-state index is -3.11. The van der Waals surface area contributed by atoms with E-state index in [4.69, 9.17) is 9.47 Å². The first kappa shape index (κ1) is 14.5. The predicted molar refractivity (Wildman–Crippen MR) is 68.8 cm³/mol. The van der Waals surface area contributed by atoms with Crippen LogP contribution >= 0.6 is 0 Å². The van der Waals surface area contributed by atoms with Crippen LogP contribution in [0.3, 0.4) is 0 Å². The molecule has 110 valence electrons. The molecule has 0 aromatic heterocycles. The summed E-state index contributed by atoms with van der Waals surface area (Å²) in [5.74, 6) is 0.0674. The van der Waals surface area contributed by atoms with Crippen molar-refractivity contribution in [3.63, 3.8) is 0 Å². The third kappa shape index (κ3) is 3.80. The molecular weight excluding hydrogens is 272 g/mol. The number of sulfone groups is 1. The zero-order valence-electron chi connectivity index (χ0n) is 11.0. The van der Waals surface area contributed by atoms with Crippen LogP contribution in [0.4, 0.5) is 4.79 Å². The summed E-state index contributed by atoms with van der Waals surface area (Å²) in [4.78, 5) is 13.5. The Kier molecular flexibility index (Phi) is 4.64. The van der Waals surface area contributed by atoms with Gasteiger partial charge in [-0.15, -0.1) is 0 Å². The number of amides is 1. The van der Waals surface area contributed by atoms with E-state index < -0.39 is 22.0 Å². The van der Waals surface area contributed by atoms with E-state index in [0.717, 1.165) is 0 Å². The molecule has 0 aromatic rings. The maximum absolute atomic E-state index is 11.8. The van der Waals surface area contributed by atoms with Crippen LogP contribution in [0.5, 0.6) is 0 Å². The molecule has 2 aliphatic heterocycles. The summed E-state index contributed by atoms with van der Waals surface area (Å²) in [6, 6.07) is -0.583. The number of rotatable bonds is 3. The molecule has 1 amide bonds. The van der Waals surface area contributed by atoms with Crippen molar-refractivity contribution < 1.29 is 22.7 Å². The summed E-state index contributed by atoms with van der Waals surface area (Å²) >= 11 is 0. The molecule has 0 spiro atoms. The van der Waals surface area contributed by atoms with Gasteiger partial charge in [0.2, 0.25) is 0 Å². The van der Waals surface area contributed by atoms with Crippen LogP contribution in [-0.4, -0.2) is 75.9 Å². The van der Waals surface area contributed by atoms with Gasteiger partial charge in [-0.2, -0.15) is 0 Å². The lowest BCUT2D eigenvalue weighted by molar-refractivity contribution is 0.0162. The second kappa shape index (κ2) is 6.06. The van der Waals surface area contributed by atoms with Gasteiger partial charge in [0.25, 0.3) is 0 Å². The van der Waals surface area contributed by atoms with Crippen molar-refractivity contribution in [2.45, 2.75) is 19.0 Å². The monoisotopic (exact) mass is 292 g/mol. The van der Waals surface area contributed by atoms with Crippen molar-refractivity contribution in [3.8, 4) is 0 Å². The zero-order valence-corrected chi connectivity index (χ0v) is 11.8. The zero-order chi connectivity index (χ0) is 13.9. The van der Waals surface area contributed by atoms with Crippen LogP contribution in [0.2, 0.25) is 0 Å². The van der Waals surface area contributed by atoms with E-state index in [9.17, 15) is 13.2 Å². The molecule has 0 aromatic carbocycles. The van der Waals surface area contributed by atoms with Gasteiger partial charge in [-0.05, 0) is 6.92 Å². The Morgan fingerprint density at radius 3 is 2.68 bits per heavy atom. The molecule has 2 rings (SSSR count). The second-order valence-corrected chi connectivity index (χ2v) is 6.92. The maximum atomic E-state index is 11.8. The van der Waals surface area contributed by atoms with E-state index in [1.54, 1.807) is 6.92 Å². The van der Waals surface area contributed by atoms with Gasteiger partial charge >= 0.3 is 6.09 Å². The summed E-state index contributed by atoms with van der Waals surface area (Å²) in [7, 11) is -3.11. The van der Waals surface area contributed by atoms with Crippen molar-refractivity contribution in [3.05, 3.63) is 0 Å². The van der Waals surface area contributed by atoms with Crippen LogP contribution in [-0.2, 0) is 19.3 Å². The van der Waals surface area contributed by atoms with Gasteiger partial charge in [0, 0.05) is 19.1 Å². The molecular formula is C11H20N2O5S. The third-order valence-corrected chi connectivity index (χ3v) is 5.13. The third-order valence-electron chi connectivity index (χ3n) is 3.42. The minimum Gasteiger partial charge on any atom is -0.450 e. The van der Waals surface area contributed by atoms with Crippen LogP contribution in [0.1, 0.15) is 6.92 Å². The van der Waals surface area contributed by atoms with E-state index in [2.05, 4.69) is 10.2 Å². The SMILES string of the molecule is CCOC(=O)N[C@H]1CS(=O)(=O)C[C@@H]1N1CCOCC1. The van der Waals surface area contributed by atoms with Gasteiger partial charge in [-0.25, -0.2) is 13.2 Å². The lowest BCUT2D eigenvalue weighted by Crippen LogP contribution is -2.54. The number of hydrogen-bond acceptors (Lipinski definition) is 6.